The fourth-order valence-corrected chi connectivity index (χ4v) is 3.99. The van der Waals surface area contributed by atoms with Crippen molar-refractivity contribution in [3.63, 3.8) is 0 Å². The second-order valence-corrected chi connectivity index (χ2v) is 8.40. The summed E-state index contributed by atoms with van der Waals surface area (Å²) in [6.45, 7) is 2.25. The molecule has 0 bridgehead atoms. The lowest BCUT2D eigenvalue weighted by Crippen LogP contribution is -2.47. The Balaban J connectivity index is 1.43. The molecule has 7 nitrogen and oxygen atoms in total. The maximum absolute atomic E-state index is 12.9. The molecule has 0 spiro atoms. The molecule has 4 rings (SSSR count). The van der Waals surface area contributed by atoms with Gasteiger partial charge in [-0.3, -0.25) is 9.59 Å². The van der Waals surface area contributed by atoms with Gasteiger partial charge < -0.3 is 20.4 Å². The topological polar surface area (TPSA) is 96.3 Å². The average Bonchev–Trinajstić information content (AvgIpc) is 3.50. The summed E-state index contributed by atoms with van der Waals surface area (Å²) in [4.78, 5) is 30.2. The van der Waals surface area contributed by atoms with Crippen LogP contribution in [0, 0.1) is 6.92 Å². The third-order valence-electron chi connectivity index (χ3n) is 4.93. The zero-order valence-corrected chi connectivity index (χ0v) is 18.9. The van der Waals surface area contributed by atoms with Crippen molar-refractivity contribution >= 4 is 34.0 Å². The molecular formula is C25H24N4O3S. The number of amides is 2. The molecule has 168 valence electrons. The molecule has 3 N–H and O–H groups in total. The number of furan rings is 1. The fraction of sp³-hybridized carbons (Fsp3) is 0.160. The first-order valence-corrected chi connectivity index (χ1v) is 11.4. The van der Waals surface area contributed by atoms with Gasteiger partial charge in [0.25, 0.3) is 5.91 Å². The zero-order chi connectivity index (χ0) is 23.0. The van der Waals surface area contributed by atoms with Gasteiger partial charge in [0.15, 0.2) is 5.13 Å². The van der Waals surface area contributed by atoms with Gasteiger partial charge in [-0.2, -0.15) is 0 Å². The molecule has 0 fully saturated rings. The molecule has 2 aromatic carbocycles. The van der Waals surface area contributed by atoms with Gasteiger partial charge in [0, 0.05) is 17.5 Å². The summed E-state index contributed by atoms with van der Waals surface area (Å²) in [5.74, 6) is -0.0610. The number of anilines is 2. The van der Waals surface area contributed by atoms with Crippen LogP contribution in [-0.4, -0.2) is 22.8 Å². The van der Waals surface area contributed by atoms with Crippen molar-refractivity contribution in [3.05, 3.63) is 101 Å². The van der Waals surface area contributed by atoms with Gasteiger partial charge in [0.1, 0.15) is 17.5 Å². The van der Waals surface area contributed by atoms with Gasteiger partial charge in [-0.15, -0.1) is 11.3 Å². The van der Waals surface area contributed by atoms with E-state index in [2.05, 4.69) is 20.9 Å². The highest BCUT2D eigenvalue weighted by atomic mass is 32.1. The van der Waals surface area contributed by atoms with Gasteiger partial charge >= 0.3 is 0 Å². The number of hydrogen-bond acceptors (Lipinski definition) is 6. The van der Waals surface area contributed by atoms with Crippen LogP contribution < -0.4 is 16.0 Å². The monoisotopic (exact) mass is 460 g/mol. The number of nitrogens with zero attached hydrogens (tertiary/aromatic N) is 1. The van der Waals surface area contributed by atoms with E-state index in [9.17, 15) is 9.59 Å². The Morgan fingerprint density at radius 2 is 1.91 bits per heavy atom. The highest BCUT2D eigenvalue weighted by Crippen LogP contribution is 2.21. The van der Waals surface area contributed by atoms with Crippen molar-refractivity contribution in [2.75, 3.05) is 5.32 Å². The summed E-state index contributed by atoms with van der Waals surface area (Å²) in [5, 5.41) is 11.1. The minimum absolute atomic E-state index is 0.244. The Morgan fingerprint density at radius 3 is 2.67 bits per heavy atom. The number of thiazole rings is 1. The highest BCUT2D eigenvalue weighted by molar-refractivity contribution is 7.14. The Labute approximate surface area is 195 Å². The van der Waals surface area contributed by atoms with E-state index in [0.29, 0.717) is 17.3 Å². The van der Waals surface area contributed by atoms with Crippen LogP contribution in [0.4, 0.5) is 10.8 Å². The molecule has 4 aromatic rings. The van der Waals surface area contributed by atoms with E-state index in [1.54, 1.807) is 23.8 Å². The molecule has 2 heterocycles. The van der Waals surface area contributed by atoms with Crippen molar-refractivity contribution in [1.29, 1.82) is 0 Å². The lowest BCUT2D eigenvalue weighted by Gasteiger charge is -2.18. The van der Waals surface area contributed by atoms with E-state index in [1.807, 2.05) is 61.5 Å². The molecule has 0 radical (unpaired) electrons. The summed E-state index contributed by atoms with van der Waals surface area (Å²) >= 11 is 1.33. The lowest BCUT2D eigenvalue weighted by molar-refractivity contribution is -0.123. The van der Waals surface area contributed by atoms with Crippen molar-refractivity contribution in [2.45, 2.75) is 25.9 Å². The maximum atomic E-state index is 12.9. The van der Waals surface area contributed by atoms with E-state index in [0.717, 1.165) is 16.8 Å². The van der Waals surface area contributed by atoms with E-state index >= 15 is 0 Å². The minimum atomic E-state index is -0.759. The van der Waals surface area contributed by atoms with Gasteiger partial charge in [-0.25, -0.2) is 4.98 Å². The first-order valence-electron chi connectivity index (χ1n) is 10.5. The molecule has 0 aliphatic carbocycles. The number of aromatic nitrogens is 1. The second-order valence-electron chi connectivity index (χ2n) is 7.55. The summed E-state index contributed by atoms with van der Waals surface area (Å²) in [7, 11) is 0. The number of nitrogens with one attached hydrogen (secondary N) is 3. The number of hydrogen-bond donors (Lipinski definition) is 3. The Hall–Kier alpha value is -3.91. The highest BCUT2D eigenvalue weighted by Gasteiger charge is 2.23. The first kappa shape index (κ1) is 22.3. The molecule has 1 atom stereocenters. The molecule has 0 saturated heterocycles. The molecule has 2 amide bonds. The standard InChI is InChI=1S/C25H24N4O3S/c1-17-7-5-10-19(13-17)27-25-29-22(16-33-25)24(31)28-21(14-18-8-3-2-4-9-18)23(30)26-15-20-11-6-12-32-20/h2-13,16,21H,14-15H2,1H3,(H,26,30)(H,27,29)(H,28,31). The number of rotatable bonds is 9. The van der Waals surface area contributed by atoms with Gasteiger partial charge in [0.05, 0.1) is 12.8 Å². The maximum Gasteiger partial charge on any atom is 0.271 e. The number of carbonyl (C=O) groups excluding carboxylic acids is 2. The van der Waals surface area contributed by atoms with Crippen LogP contribution in [0.25, 0.3) is 0 Å². The van der Waals surface area contributed by atoms with E-state index < -0.39 is 11.9 Å². The van der Waals surface area contributed by atoms with Crippen LogP contribution in [0.15, 0.2) is 82.8 Å². The van der Waals surface area contributed by atoms with Crippen LogP contribution in [0.2, 0.25) is 0 Å². The van der Waals surface area contributed by atoms with Crippen molar-refractivity contribution in [3.8, 4) is 0 Å². The van der Waals surface area contributed by atoms with Crippen LogP contribution in [0.1, 0.15) is 27.4 Å². The largest absolute Gasteiger partial charge is 0.467 e. The van der Waals surface area contributed by atoms with Gasteiger partial charge in [-0.05, 0) is 42.3 Å². The van der Waals surface area contributed by atoms with Crippen molar-refractivity contribution in [2.24, 2.45) is 0 Å². The zero-order valence-electron chi connectivity index (χ0n) is 18.1. The number of benzene rings is 2. The van der Waals surface area contributed by atoms with Crippen molar-refractivity contribution in [1.82, 2.24) is 15.6 Å². The van der Waals surface area contributed by atoms with E-state index in [1.165, 1.54) is 11.3 Å². The molecule has 0 saturated carbocycles. The normalized spacial score (nSPS) is 11.5. The van der Waals surface area contributed by atoms with Crippen LogP contribution in [0.5, 0.6) is 0 Å². The molecule has 8 heteroatoms. The third kappa shape index (κ3) is 6.30. The summed E-state index contributed by atoms with van der Waals surface area (Å²) in [6.07, 6.45) is 1.91. The molecule has 1 unspecified atom stereocenters. The lowest BCUT2D eigenvalue weighted by atomic mass is 10.0. The van der Waals surface area contributed by atoms with E-state index in [4.69, 9.17) is 4.42 Å². The minimum Gasteiger partial charge on any atom is -0.467 e. The molecule has 2 aromatic heterocycles. The van der Waals surface area contributed by atoms with Gasteiger partial charge in [-0.1, -0.05) is 42.5 Å². The number of aryl methyl sites for hydroxylation is 1. The van der Waals surface area contributed by atoms with Crippen molar-refractivity contribution < 1.29 is 14.0 Å². The quantitative estimate of drug-likeness (QED) is 0.343. The SMILES string of the molecule is Cc1cccc(Nc2nc(C(=O)NC(Cc3ccccc3)C(=O)NCc3ccco3)cs2)c1. The molecule has 0 aliphatic heterocycles. The predicted molar refractivity (Wildman–Crippen MR) is 129 cm³/mol. The smallest absolute Gasteiger partial charge is 0.271 e. The van der Waals surface area contributed by atoms with Crippen LogP contribution >= 0.6 is 11.3 Å². The van der Waals surface area contributed by atoms with Crippen LogP contribution in [0.3, 0.4) is 0 Å². The second kappa shape index (κ2) is 10.6. The Kier molecular flexibility index (Phi) is 7.16. The Morgan fingerprint density at radius 1 is 1.06 bits per heavy atom. The van der Waals surface area contributed by atoms with E-state index in [-0.39, 0.29) is 18.1 Å². The fourth-order valence-electron chi connectivity index (χ4n) is 3.28. The third-order valence-corrected chi connectivity index (χ3v) is 5.69. The van der Waals surface area contributed by atoms with Gasteiger partial charge in [0.2, 0.25) is 5.91 Å². The summed E-state index contributed by atoms with van der Waals surface area (Å²) < 4.78 is 5.27. The molecule has 0 aliphatic rings. The summed E-state index contributed by atoms with van der Waals surface area (Å²) in [6, 6.07) is 20.2. The average molecular weight is 461 g/mol. The summed E-state index contributed by atoms with van der Waals surface area (Å²) in [5.41, 5.74) is 3.22. The molecule has 33 heavy (non-hydrogen) atoms. The first-order chi connectivity index (χ1) is 16.1. The van der Waals surface area contributed by atoms with Crippen LogP contribution in [-0.2, 0) is 17.8 Å². The molecular weight excluding hydrogens is 436 g/mol. The Bertz CT molecular complexity index is 1210. The predicted octanol–water partition coefficient (Wildman–Crippen LogP) is 4.45. The number of carbonyl (C=O) groups is 2.